The molecule has 0 bridgehead atoms. The van der Waals surface area contributed by atoms with Gasteiger partial charge in [0.2, 0.25) is 0 Å². The molecule has 6 amide bonds. The molecular weight excluding hydrogens is 1060 g/mol. The first-order chi connectivity index (χ1) is 35.7. The number of halogens is 8. The Bertz CT molecular complexity index is 4090. The van der Waals surface area contributed by atoms with Gasteiger partial charge in [0.15, 0.2) is 6.29 Å². The Morgan fingerprint density at radius 2 is 0.813 bits per heavy atom. The predicted octanol–water partition coefficient (Wildman–Crippen LogP) is 12.5. The fraction of sp³-hybridized carbons (Fsp3) is 0.0926. The summed E-state index contributed by atoms with van der Waals surface area (Å²) in [6, 6.07) is 28.7. The van der Waals surface area contributed by atoms with Crippen molar-refractivity contribution in [3.63, 3.8) is 0 Å². The van der Waals surface area contributed by atoms with E-state index < -0.39 is 54.0 Å². The third-order valence-corrected chi connectivity index (χ3v) is 14.7. The Balaban J connectivity index is 0.000000128. The van der Waals surface area contributed by atoms with Gasteiger partial charge in [0.1, 0.15) is 5.69 Å². The molecule has 3 N–H and O–H groups in total. The minimum absolute atomic E-state index is 0.00470. The van der Waals surface area contributed by atoms with Gasteiger partial charge in [0.25, 0.3) is 48.3 Å². The third kappa shape index (κ3) is 8.05. The van der Waals surface area contributed by atoms with Gasteiger partial charge < -0.3 is 13.7 Å². The fourth-order valence-corrected chi connectivity index (χ4v) is 11.0. The standard InChI is InChI=1S/C18H10Cl2F2N2O2.C18H11ClF2N2O2.C18H11ClN2O3/c1-24-10-6-8(7-4-2-3-5-9(7)19)11-13(18(26)23-17(11)25)12(10)14(20)15(24)16(21)22;1-23-12-6-9(8-4-2-3-5-11(8)19)14-15(18(25)22-17(14)24)10(12)7-13(23)16(20)21;1-21-9(8-22)6-12-14(21)7-11(10-4-2-3-5-13(10)19)15-16(12)18(24)20-17(15)23/h2-6,16H,1H3,(H,23,25,26);2-7,16H,1H3,(H,22,24,25);2-8H,1H3,(H,20,23,24). The van der Waals surface area contributed by atoms with E-state index in [1.807, 2.05) is 6.07 Å². The summed E-state index contributed by atoms with van der Waals surface area (Å²) >= 11 is 25.0. The molecule has 3 aromatic heterocycles. The van der Waals surface area contributed by atoms with Crippen molar-refractivity contribution < 1.29 is 51.1 Å². The first-order valence-corrected chi connectivity index (χ1v) is 23.8. The highest BCUT2D eigenvalue weighted by Crippen LogP contribution is 2.45. The van der Waals surface area contributed by atoms with Crippen LogP contribution >= 0.6 is 46.4 Å². The second-order valence-corrected chi connectivity index (χ2v) is 18.9. The van der Waals surface area contributed by atoms with Gasteiger partial charge in [0, 0.05) is 80.1 Å². The highest BCUT2D eigenvalue weighted by molar-refractivity contribution is 6.41. The van der Waals surface area contributed by atoms with E-state index in [0.29, 0.717) is 87.0 Å². The summed E-state index contributed by atoms with van der Waals surface area (Å²) in [6.45, 7) is 0. The van der Waals surface area contributed by atoms with Gasteiger partial charge in [-0.2, -0.15) is 0 Å². The van der Waals surface area contributed by atoms with E-state index in [4.69, 9.17) is 46.4 Å². The lowest BCUT2D eigenvalue weighted by Gasteiger charge is -2.10. The number of fused-ring (bicyclic) bond motifs is 9. The molecule has 376 valence electrons. The van der Waals surface area contributed by atoms with Crippen molar-refractivity contribution in [2.75, 3.05) is 0 Å². The van der Waals surface area contributed by atoms with Crippen molar-refractivity contribution in [2.45, 2.75) is 12.9 Å². The van der Waals surface area contributed by atoms with E-state index in [1.54, 1.807) is 103 Å². The predicted molar refractivity (Wildman–Crippen MR) is 276 cm³/mol. The molecule has 13 nitrogen and oxygen atoms in total. The number of amides is 6. The molecule has 0 saturated heterocycles. The van der Waals surface area contributed by atoms with Gasteiger partial charge >= 0.3 is 0 Å². The number of aryl methyl sites for hydroxylation is 3. The van der Waals surface area contributed by atoms with Gasteiger partial charge in [-0.1, -0.05) is 101 Å². The molecule has 0 saturated carbocycles. The lowest BCUT2D eigenvalue weighted by Crippen LogP contribution is -2.20. The number of carbonyl (C=O) groups is 7. The topological polar surface area (TPSA) is 170 Å². The van der Waals surface area contributed by atoms with Gasteiger partial charge in [-0.15, -0.1) is 0 Å². The Hall–Kier alpha value is -8.09. The summed E-state index contributed by atoms with van der Waals surface area (Å²) in [5.74, 6) is -3.34. The SMILES string of the molecule is Cn1c(C(F)F)c(Cl)c2c3c(c(-c4ccccc4Cl)cc21)C(=O)NC3=O.Cn1c(C(F)F)cc2c3c(c(-c4ccccc4Cl)cc21)C(=O)NC3=O.Cn1c(C=O)cc2c3c(c(-c4ccccc4Cl)cc21)C(=O)NC3=O. The molecule has 3 aliphatic heterocycles. The maximum atomic E-state index is 13.4. The van der Waals surface area contributed by atoms with Crippen LogP contribution in [0.4, 0.5) is 17.6 Å². The number of benzene rings is 6. The minimum Gasteiger partial charge on any atom is -0.343 e. The van der Waals surface area contributed by atoms with Gasteiger partial charge in [0.05, 0.1) is 55.3 Å². The largest absolute Gasteiger partial charge is 0.343 e. The molecule has 0 atom stereocenters. The number of nitrogens with zero attached hydrogens (tertiary/aromatic N) is 3. The number of carbonyl (C=O) groups excluding carboxylic acids is 7. The van der Waals surface area contributed by atoms with Gasteiger partial charge in [-0.05, 0) is 65.2 Å². The van der Waals surface area contributed by atoms with Crippen molar-refractivity contribution in [2.24, 2.45) is 21.1 Å². The summed E-state index contributed by atoms with van der Waals surface area (Å²) in [6.07, 6.45) is -4.81. The molecule has 0 aliphatic carbocycles. The number of hydrogen-bond acceptors (Lipinski definition) is 7. The van der Waals surface area contributed by atoms with E-state index in [1.165, 1.54) is 29.3 Å². The monoisotopic (exact) mass is 1090 g/mol. The molecule has 0 unspecified atom stereocenters. The normalized spacial score (nSPS) is 13.5. The van der Waals surface area contributed by atoms with Crippen LogP contribution in [0.2, 0.25) is 20.1 Å². The van der Waals surface area contributed by atoms with Crippen LogP contribution in [0.3, 0.4) is 0 Å². The van der Waals surface area contributed by atoms with Crippen LogP contribution in [-0.2, 0) is 21.1 Å². The van der Waals surface area contributed by atoms with E-state index in [0.717, 1.165) is 6.29 Å². The van der Waals surface area contributed by atoms with Crippen LogP contribution in [0.1, 0.15) is 96.9 Å². The maximum absolute atomic E-state index is 13.4. The number of nitrogens with one attached hydrogen (secondary N) is 3. The Labute approximate surface area is 440 Å². The summed E-state index contributed by atoms with van der Waals surface area (Å²) in [4.78, 5) is 85.3. The first-order valence-electron chi connectivity index (χ1n) is 22.3. The zero-order valence-electron chi connectivity index (χ0n) is 38.8. The van der Waals surface area contributed by atoms with Crippen molar-refractivity contribution in [1.29, 1.82) is 0 Å². The van der Waals surface area contributed by atoms with Crippen LogP contribution in [0.25, 0.3) is 66.1 Å². The molecule has 6 heterocycles. The number of rotatable bonds is 6. The van der Waals surface area contributed by atoms with Crippen LogP contribution < -0.4 is 16.0 Å². The molecular formula is C54H32Cl4F4N6O7. The summed E-state index contributed by atoms with van der Waals surface area (Å²) < 4.78 is 57.7. The number of imide groups is 3. The highest BCUT2D eigenvalue weighted by Gasteiger charge is 2.38. The number of aromatic nitrogens is 3. The average Bonchev–Trinajstić information content (AvgIpc) is 4.19. The zero-order chi connectivity index (χ0) is 53.6. The quantitative estimate of drug-likeness (QED) is 0.0845. The Morgan fingerprint density at radius 1 is 0.440 bits per heavy atom. The smallest absolute Gasteiger partial charge is 0.279 e. The van der Waals surface area contributed by atoms with Crippen molar-refractivity contribution in [1.82, 2.24) is 29.7 Å². The van der Waals surface area contributed by atoms with E-state index in [9.17, 15) is 51.1 Å². The van der Waals surface area contributed by atoms with Crippen molar-refractivity contribution >= 4 is 121 Å². The Morgan fingerprint density at radius 3 is 1.23 bits per heavy atom. The van der Waals surface area contributed by atoms with Crippen molar-refractivity contribution in [3.8, 4) is 33.4 Å². The molecule has 0 fully saturated rings. The third-order valence-electron chi connectivity index (χ3n) is 13.3. The second-order valence-electron chi connectivity index (χ2n) is 17.3. The molecule has 0 radical (unpaired) electrons. The molecule has 3 aliphatic rings. The van der Waals surface area contributed by atoms with Crippen LogP contribution in [0.5, 0.6) is 0 Å². The lowest BCUT2D eigenvalue weighted by atomic mass is 9.94. The highest BCUT2D eigenvalue weighted by atomic mass is 35.5. The van der Waals surface area contributed by atoms with Crippen LogP contribution in [-0.4, -0.2) is 55.4 Å². The van der Waals surface area contributed by atoms with Crippen LogP contribution in [0.15, 0.2) is 103 Å². The zero-order valence-corrected chi connectivity index (χ0v) is 41.8. The number of alkyl halides is 4. The van der Waals surface area contributed by atoms with E-state index in [2.05, 4.69) is 16.0 Å². The first kappa shape index (κ1) is 50.4. The van der Waals surface area contributed by atoms with E-state index in [-0.39, 0.29) is 43.9 Å². The summed E-state index contributed by atoms with van der Waals surface area (Å²) in [5, 5.41) is 8.85. The summed E-state index contributed by atoms with van der Waals surface area (Å²) in [5.41, 5.74) is 5.34. The maximum Gasteiger partial charge on any atom is 0.279 e. The van der Waals surface area contributed by atoms with E-state index >= 15 is 0 Å². The van der Waals surface area contributed by atoms with Gasteiger partial charge in [-0.3, -0.25) is 49.5 Å². The van der Waals surface area contributed by atoms with Crippen molar-refractivity contribution in [3.05, 3.63) is 174 Å². The molecule has 21 heteroatoms. The Kier molecular flexibility index (Phi) is 12.8. The molecule has 12 rings (SSSR count). The minimum atomic E-state index is -2.83. The summed E-state index contributed by atoms with van der Waals surface area (Å²) in [7, 11) is 4.68. The van der Waals surface area contributed by atoms with Gasteiger partial charge in [-0.25, -0.2) is 17.6 Å². The molecule has 9 aromatic rings. The second kappa shape index (κ2) is 19.0. The molecule has 0 spiro atoms. The average molecular weight is 1090 g/mol. The fourth-order valence-electron chi connectivity index (χ4n) is 9.87. The lowest BCUT2D eigenvalue weighted by molar-refractivity contribution is 0.0863. The molecule has 6 aromatic carbocycles. The number of hydrogen-bond donors (Lipinski definition) is 3. The van der Waals surface area contributed by atoms with Crippen LogP contribution in [0, 0.1) is 0 Å². The number of aldehydes is 1. The molecule has 75 heavy (non-hydrogen) atoms.